The van der Waals surface area contributed by atoms with Gasteiger partial charge in [0.05, 0.1) is 24.9 Å². The number of aliphatic carboxylic acids is 1. The monoisotopic (exact) mass is 257 g/mol. The predicted octanol–water partition coefficient (Wildman–Crippen LogP) is -1.34. The highest BCUT2D eigenvalue weighted by atomic mass is 32.2. The third-order valence-electron chi connectivity index (χ3n) is 2.52. The number of amides is 2. The molecule has 0 aliphatic carbocycles. The SMILES string of the molecule is NCC(=O)NCC1=C(C(=O)O)N2C(=O)C[C@H]2S1. The summed E-state index contributed by atoms with van der Waals surface area (Å²) in [5.41, 5.74) is 5.10. The van der Waals surface area contributed by atoms with Crippen LogP contribution in [-0.4, -0.2) is 46.3 Å². The molecular weight excluding hydrogens is 246 g/mol. The second kappa shape index (κ2) is 4.38. The molecule has 0 aromatic heterocycles. The lowest BCUT2D eigenvalue weighted by Gasteiger charge is -2.33. The van der Waals surface area contributed by atoms with Gasteiger partial charge >= 0.3 is 5.97 Å². The molecular formula is C9H11N3O4S. The van der Waals surface area contributed by atoms with Gasteiger partial charge in [-0.2, -0.15) is 0 Å². The molecule has 2 aliphatic heterocycles. The van der Waals surface area contributed by atoms with Crippen LogP contribution in [0.3, 0.4) is 0 Å². The number of β-lactam (4-membered cyclic amide) rings is 1. The van der Waals surface area contributed by atoms with E-state index < -0.39 is 5.97 Å². The van der Waals surface area contributed by atoms with Gasteiger partial charge in [0.25, 0.3) is 0 Å². The van der Waals surface area contributed by atoms with Crippen molar-refractivity contribution in [2.75, 3.05) is 13.1 Å². The Morgan fingerprint density at radius 3 is 2.82 bits per heavy atom. The first-order valence-electron chi connectivity index (χ1n) is 4.96. The smallest absolute Gasteiger partial charge is 0.353 e. The molecule has 8 heteroatoms. The minimum Gasteiger partial charge on any atom is -0.477 e. The molecule has 92 valence electrons. The average Bonchev–Trinajstić information content (AvgIpc) is 2.58. The number of nitrogens with zero attached hydrogens (tertiary/aromatic N) is 1. The molecule has 0 aromatic rings. The van der Waals surface area contributed by atoms with Crippen molar-refractivity contribution in [3.05, 3.63) is 10.6 Å². The van der Waals surface area contributed by atoms with Crippen molar-refractivity contribution >= 4 is 29.5 Å². The van der Waals surface area contributed by atoms with Gasteiger partial charge in [0.2, 0.25) is 11.8 Å². The van der Waals surface area contributed by atoms with Gasteiger partial charge in [0.1, 0.15) is 5.70 Å². The Morgan fingerprint density at radius 1 is 1.59 bits per heavy atom. The largest absolute Gasteiger partial charge is 0.477 e. The number of hydrogen-bond donors (Lipinski definition) is 3. The van der Waals surface area contributed by atoms with Crippen molar-refractivity contribution in [1.82, 2.24) is 10.2 Å². The summed E-state index contributed by atoms with van der Waals surface area (Å²) in [6.45, 7) is -0.0466. The predicted molar refractivity (Wildman–Crippen MR) is 59.6 cm³/mol. The Labute approximate surface area is 101 Å². The van der Waals surface area contributed by atoms with Crippen LogP contribution in [-0.2, 0) is 14.4 Å². The molecule has 0 radical (unpaired) electrons. The third kappa shape index (κ3) is 2.01. The number of thioether (sulfide) groups is 1. The van der Waals surface area contributed by atoms with Crippen LogP contribution in [0.25, 0.3) is 0 Å². The van der Waals surface area contributed by atoms with Gasteiger partial charge in [-0.25, -0.2) is 4.79 Å². The van der Waals surface area contributed by atoms with E-state index in [1.54, 1.807) is 0 Å². The topological polar surface area (TPSA) is 113 Å². The van der Waals surface area contributed by atoms with E-state index >= 15 is 0 Å². The van der Waals surface area contributed by atoms with Gasteiger partial charge in [-0.15, -0.1) is 11.8 Å². The van der Waals surface area contributed by atoms with Crippen molar-refractivity contribution in [3.63, 3.8) is 0 Å². The van der Waals surface area contributed by atoms with Gasteiger partial charge in [-0.3, -0.25) is 14.5 Å². The van der Waals surface area contributed by atoms with E-state index in [-0.39, 0.29) is 36.0 Å². The summed E-state index contributed by atoms with van der Waals surface area (Å²) >= 11 is 1.30. The zero-order valence-electron chi connectivity index (χ0n) is 8.80. The molecule has 0 bridgehead atoms. The summed E-state index contributed by atoms with van der Waals surface area (Å²) in [4.78, 5) is 35.1. The molecule has 2 amide bonds. The quantitative estimate of drug-likeness (QED) is 0.537. The van der Waals surface area contributed by atoms with E-state index in [9.17, 15) is 14.4 Å². The summed E-state index contributed by atoms with van der Waals surface area (Å²) in [6, 6.07) is 0. The molecule has 7 nitrogen and oxygen atoms in total. The summed E-state index contributed by atoms with van der Waals surface area (Å²) in [7, 11) is 0. The Bertz CT molecular complexity index is 434. The zero-order valence-corrected chi connectivity index (χ0v) is 9.62. The molecule has 1 fully saturated rings. The van der Waals surface area contributed by atoms with Gasteiger partial charge in [0, 0.05) is 4.91 Å². The van der Waals surface area contributed by atoms with Crippen LogP contribution in [0.15, 0.2) is 10.6 Å². The third-order valence-corrected chi connectivity index (χ3v) is 3.80. The fourth-order valence-electron chi connectivity index (χ4n) is 1.70. The maximum atomic E-state index is 11.3. The molecule has 2 rings (SSSR count). The van der Waals surface area contributed by atoms with Crippen LogP contribution in [0, 0.1) is 0 Å². The Balaban J connectivity index is 2.12. The number of carboxylic acids is 1. The van der Waals surface area contributed by atoms with E-state index in [4.69, 9.17) is 10.8 Å². The number of fused-ring (bicyclic) bond motifs is 1. The molecule has 4 N–H and O–H groups in total. The lowest BCUT2D eigenvalue weighted by Crippen LogP contribution is -2.48. The average molecular weight is 257 g/mol. The molecule has 0 aromatic carbocycles. The van der Waals surface area contributed by atoms with Crippen molar-refractivity contribution in [2.45, 2.75) is 11.8 Å². The van der Waals surface area contributed by atoms with Crippen LogP contribution in [0.1, 0.15) is 6.42 Å². The van der Waals surface area contributed by atoms with E-state index in [2.05, 4.69) is 5.32 Å². The normalized spacial score (nSPS) is 22.3. The second-order valence-corrected chi connectivity index (χ2v) is 4.87. The number of carboxylic acid groups (broad SMARTS) is 1. The number of nitrogens with one attached hydrogen (secondary N) is 1. The maximum absolute atomic E-state index is 11.3. The Hall–Kier alpha value is -1.54. The van der Waals surface area contributed by atoms with E-state index in [1.807, 2.05) is 0 Å². The Morgan fingerprint density at radius 2 is 2.29 bits per heavy atom. The van der Waals surface area contributed by atoms with Gasteiger partial charge < -0.3 is 16.2 Å². The fourth-order valence-corrected chi connectivity index (χ4v) is 3.04. The van der Waals surface area contributed by atoms with Crippen molar-refractivity contribution < 1.29 is 19.5 Å². The van der Waals surface area contributed by atoms with E-state index in [0.29, 0.717) is 11.3 Å². The van der Waals surface area contributed by atoms with Crippen LogP contribution < -0.4 is 11.1 Å². The first-order chi connectivity index (χ1) is 8.04. The summed E-state index contributed by atoms with van der Waals surface area (Å²) in [5, 5.41) is 11.4. The molecule has 0 saturated carbocycles. The van der Waals surface area contributed by atoms with Crippen LogP contribution >= 0.6 is 11.8 Å². The molecule has 0 unspecified atom stereocenters. The summed E-state index contributed by atoms with van der Waals surface area (Å²) < 4.78 is 0. The van der Waals surface area contributed by atoms with Crippen LogP contribution in [0.4, 0.5) is 0 Å². The van der Waals surface area contributed by atoms with Gasteiger partial charge in [-0.05, 0) is 0 Å². The van der Waals surface area contributed by atoms with Gasteiger partial charge in [0.15, 0.2) is 0 Å². The lowest BCUT2D eigenvalue weighted by atomic mass is 10.1. The molecule has 0 spiro atoms. The minimum absolute atomic E-state index is 0.0198. The molecule has 1 saturated heterocycles. The van der Waals surface area contributed by atoms with Crippen molar-refractivity contribution in [3.8, 4) is 0 Å². The van der Waals surface area contributed by atoms with Crippen molar-refractivity contribution in [1.29, 1.82) is 0 Å². The van der Waals surface area contributed by atoms with E-state index in [1.165, 1.54) is 16.7 Å². The standard InChI is InChI=1S/C9H11N3O4S/c10-2-5(13)11-3-4-8(9(15)16)12-6(14)1-7(12)17-4/h7H,1-3,10H2,(H,11,13)(H,15,16)/t7-/m1/s1. The van der Waals surface area contributed by atoms with Gasteiger partial charge in [-0.1, -0.05) is 0 Å². The maximum Gasteiger partial charge on any atom is 0.353 e. The first kappa shape index (κ1) is 11.9. The van der Waals surface area contributed by atoms with Crippen LogP contribution in [0.5, 0.6) is 0 Å². The lowest BCUT2D eigenvalue weighted by molar-refractivity contribution is -0.145. The molecule has 2 heterocycles. The summed E-state index contributed by atoms with van der Waals surface area (Å²) in [5.74, 6) is -1.70. The van der Waals surface area contributed by atoms with E-state index in [0.717, 1.165) is 0 Å². The number of rotatable bonds is 4. The number of nitrogens with two attached hydrogens (primary N) is 1. The number of hydrogen-bond acceptors (Lipinski definition) is 5. The highest BCUT2D eigenvalue weighted by molar-refractivity contribution is 8.04. The minimum atomic E-state index is -1.15. The number of carbonyl (C=O) groups is 3. The molecule has 2 aliphatic rings. The fraction of sp³-hybridized carbons (Fsp3) is 0.444. The molecule has 17 heavy (non-hydrogen) atoms. The first-order valence-corrected chi connectivity index (χ1v) is 5.84. The van der Waals surface area contributed by atoms with Crippen molar-refractivity contribution in [2.24, 2.45) is 5.73 Å². The molecule has 1 atom stereocenters. The highest BCUT2D eigenvalue weighted by Gasteiger charge is 2.48. The highest BCUT2D eigenvalue weighted by Crippen LogP contribution is 2.45. The van der Waals surface area contributed by atoms with Crippen LogP contribution in [0.2, 0.25) is 0 Å². The second-order valence-electron chi connectivity index (χ2n) is 3.60. The number of carbonyl (C=O) groups excluding carboxylic acids is 2. The Kier molecular flexibility index (Phi) is 3.07. The zero-order chi connectivity index (χ0) is 12.6. The summed E-state index contributed by atoms with van der Waals surface area (Å²) in [6.07, 6.45) is 0.343.